The van der Waals surface area contributed by atoms with E-state index in [0.29, 0.717) is 22.6 Å². The minimum Gasteiger partial charge on any atom is -0.355 e. The molecule has 4 heteroatoms. The SMILES string of the molecule is Cn1c(C#N)ccc1-c1ccc(Nc2ccccc2)cc1F. The summed E-state index contributed by atoms with van der Waals surface area (Å²) in [5.74, 6) is -0.327. The number of nitrogens with one attached hydrogen (secondary N) is 1. The van der Waals surface area contributed by atoms with Crippen molar-refractivity contribution in [1.29, 1.82) is 5.26 Å². The van der Waals surface area contributed by atoms with Crippen molar-refractivity contribution in [2.45, 2.75) is 0 Å². The number of para-hydroxylation sites is 1. The Hall–Kier alpha value is -3.06. The minimum atomic E-state index is -0.327. The molecule has 3 nitrogen and oxygen atoms in total. The summed E-state index contributed by atoms with van der Waals surface area (Å²) in [6, 6.07) is 20.1. The van der Waals surface area contributed by atoms with Crippen LogP contribution in [0.2, 0.25) is 0 Å². The Morgan fingerprint density at radius 1 is 1.00 bits per heavy atom. The number of aromatic nitrogens is 1. The second kappa shape index (κ2) is 5.74. The highest BCUT2D eigenvalue weighted by Crippen LogP contribution is 2.27. The predicted molar refractivity (Wildman–Crippen MR) is 85.2 cm³/mol. The van der Waals surface area contributed by atoms with Crippen LogP contribution in [-0.2, 0) is 7.05 Å². The first-order chi connectivity index (χ1) is 10.7. The second-order valence-corrected chi connectivity index (χ2v) is 4.96. The molecule has 108 valence electrons. The maximum atomic E-state index is 14.4. The van der Waals surface area contributed by atoms with Gasteiger partial charge >= 0.3 is 0 Å². The van der Waals surface area contributed by atoms with Gasteiger partial charge in [0, 0.05) is 24.0 Å². The standard InChI is InChI=1S/C18H14FN3/c1-22-15(12-20)8-10-18(22)16-9-7-14(11-17(16)19)21-13-5-3-2-4-6-13/h2-11,21H,1H3. The van der Waals surface area contributed by atoms with Gasteiger partial charge in [-0.1, -0.05) is 18.2 Å². The molecule has 0 aliphatic heterocycles. The third kappa shape index (κ3) is 2.57. The molecule has 0 bridgehead atoms. The average molecular weight is 291 g/mol. The zero-order chi connectivity index (χ0) is 15.5. The zero-order valence-electron chi connectivity index (χ0n) is 12.0. The summed E-state index contributed by atoms with van der Waals surface area (Å²) in [5, 5.41) is 12.1. The van der Waals surface area contributed by atoms with Crippen LogP contribution in [0, 0.1) is 17.1 Å². The number of benzene rings is 2. The van der Waals surface area contributed by atoms with Gasteiger partial charge in [-0.2, -0.15) is 5.26 Å². The number of nitrogens with zero attached hydrogens (tertiary/aromatic N) is 2. The van der Waals surface area contributed by atoms with Crippen LogP contribution in [0.1, 0.15) is 5.69 Å². The van der Waals surface area contributed by atoms with Crippen molar-refractivity contribution in [1.82, 2.24) is 4.57 Å². The largest absolute Gasteiger partial charge is 0.355 e. The van der Waals surface area contributed by atoms with Crippen LogP contribution in [0.5, 0.6) is 0 Å². The molecule has 0 aliphatic carbocycles. The fraction of sp³-hybridized carbons (Fsp3) is 0.0556. The molecule has 2 aromatic carbocycles. The van der Waals surface area contributed by atoms with Gasteiger partial charge in [-0.3, -0.25) is 0 Å². The molecule has 1 aromatic heterocycles. The third-order valence-corrected chi connectivity index (χ3v) is 3.54. The monoisotopic (exact) mass is 291 g/mol. The van der Waals surface area contributed by atoms with E-state index >= 15 is 0 Å². The summed E-state index contributed by atoms with van der Waals surface area (Å²) >= 11 is 0. The molecule has 0 radical (unpaired) electrons. The maximum absolute atomic E-state index is 14.4. The molecule has 0 spiro atoms. The van der Waals surface area contributed by atoms with E-state index in [1.165, 1.54) is 6.07 Å². The van der Waals surface area contributed by atoms with Gasteiger partial charge in [0.15, 0.2) is 0 Å². The molecule has 0 amide bonds. The Labute approximate surface area is 128 Å². The van der Waals surface area contributed by atoms with Gasteiger partial charge < -0.3 is 9.88 Å². The van der Waals surface area contributed by atoms with Gasteiger partial charge in [0.2, 0.25) is 0 Å². The Balaban J connectivity index is 1.92. The molecule has 3 rings (SSSR count). The number of rotatable bonds is 3. The van der Waals surface area contributed by atoms with E-state index < -0.39 is 0 Å². The summed E-state index contributed by atoms with van der Waals surface area (Å²) in [6.45, 7) is 0. The molecule has 0 aliphatic rings. The lowest BCUT2D eigenvalue weighted by atomic mass is 10.1. The molecule has 0 unspecified atom stereocenters. The van der Waals surface area contributed by atoms with E-state index in [0.717, 1.165) is 5.69 Å². The molecule has 1 heterocycles. The first kappa shape index (κ1) is 13.9. The van der Waals surface area contributed by atoms with Gasteiger partial charge in [-0.05, 0) is 42.5 Å². The van der Waals surface area contributed by atoms with Crippen LogP contribution in [-0.4, -0.2) is 4.57 Å². The van der Waals surface area contributed by atoms with Gasteiger partial charge in [-0.25, -0.2) is 4.39 Å². The van der Waals surface area contributed by atoms with E-state index in [4.69, 9.17) is 5.26 Å². The molecule has 1 N–H and O–H groups in total. The highest BCUT2D eigenvalue weighted by atomic mass is 19.1. The van der Waals surface area contributed by atoms with Gasteiger partial charge in [0.25, 0.3) is 0 Å². The van der Waals surface area contributed by atoms with E-state index in [9.17, 15) is 4.39 Å². The van der Waals surface area contributed by atoms with Gasteiger partial charge in [0.1, 0.15) is 17.6 Å². The number of halogens is 1. The zero-order valence-corrected chi connectivity index (χ0v) is 12.0. The van der Waals surface area contributed by atoms with Crippen molar-refractivity contribution in [2.75, 3.05) is 5.32 Å². The van der Waals surface area contributed by atoms with Crippen molar-refractivity contribution < 1.29 is 4.39 Å². The summed E-state index contributed by atoms with van der Waals surface area (Å²) in [5.41, 5.74) is 3.24. The number of hydrogen-bond donors (Lipinski definition) is 1. The first-order valence-corrected chi connectivity index (χ1v) is 6.87. The fourth-order valence-electron chi connectivity index (χ4n) is 2.38. The third-order valence-electron chi connectivity index (χ3n) is 3.54. The summed E-state index contributed by atoms with van der Waals surface area (Å²) in [4.78, 5) is 0. The molecule has 0 saturated carbocycles. The van der Waals surface area contributed by atoms with Crippen LogP contribution in [0.25, 0.3) is 11.3 Å². The van der Waals surface area contributed by atoms with E-state index in [-0.39, 0.29) is 5.82 Å². The molecular formula is C18H14FN3. The van der Waals surface area contributed by atoms with Crippen LogP contribution in [0.4, 0.5) is 15.8 Å². The topological polar surface area (TPSA) is 40.8 Å². The van der Waals surface area contributed by atoms with Crippen LogP contribution >= 0.6 is 0 Å². The second-order valence-electron chi connectivity index (χ2n) is 4.96. The highest BCUT2D eigenvalue weighted by Gasteiger charge is 2.11. The van der Waals surface area contributed by atoms with Crippen LogP contribution < -0.4 is 5.32 Å². The lowest BCUT2D eigenvalue weighted by molar-refractivity contribution is 0.630. The van der Waals surface area contributed by atoms with Crippen molar-refractivity contribution in [2.24, 2.45) is 7.05 Å². The Bertz CT molecular complexity index is 845. The highest BCUT2D eigenvalue weighted by molar-refractivity contribution is 5.68. The van der Waals surface area contributed by atoms with Crippen LogP contribution in [0.15, 0.2) is 60.7 Å². The summed E-state index contributed by atoms with van der Waals surface area (Å²) in [7, 11) is 1.75. The molecule has 3 aromatic rings. The summed E-state index contributed by atoms with van der Waals surface area (Å²) < 4.78 is 16.1. The quantitative estimate of drug-likeness (QED) is 0.774. The van der Waals surface area contributed by atoms with E-state index in [1.54, 1.807) is 29.8 Å². The van der Waals surface area contributed by atoms with Crippen LogP contribution in [0.3, 0.4) is 0 Å². The molecule has 0 fully saturated rings. The van der Waals surface area contributed by atoms with Crippen molar-refractivity contribution in [3.05, 3.63) is 72.2 Å². The Morgan fingerprint density at radius 2 is 1.77 bits per heavy atom. The number of hydrogen-bond acceptors (Lipinski definition) is 2. The van der Waals surface area contributed by atoms with E-state index in [2.05, 4.69) is 11.4 Å². The smallest absolute Gasteiger partial charge is 0.134 e. The molecular weight excluding hydrogens is 277 g/mol. The predicted octanol–water partition coefficient (Wildman–Crippen LogP) is 4.45. The van der Waals surface area contributed by atoms with Crippen molar-refractivity contribution >= 4 is 11.4 Å². The lowest BCUT2D eigenvalue weighted by Gasteiger charge is -2.10. The van der Waals surface area contributed by atoms with Crippen molar-refractivity contribution in [3.63, 3.8) is 0 Å². The molecule has 0 atom stereocenters. The van der Waals surface area contributed by atoms with E-state index in [1.807, 2.05) is 36.4 Å². The Morgan fingerprint density at radius 3 is 2.41 bits per heavy atom. The fourth-order valence-corrected chi connectivity index (χ4v) is 2.38. The Kier molecular flexibility index (Phi) is 3.63. The number of anilines is 2. The molecule has 22 heavy (non-hydrogen) atoms. The number of nitriles is 1. The van der Waals surface area contributed by atoms with Crippen molar-refractivity contribution in [3.8, 4) is 17.3 Å². The first-order valence-electron chi connectivity index (χ1n) is 6.87. The normalized spacial score (nSPS) is 10.2. The lowest BCUT2D eigenvalue weighted by Crippen LogP contribution is -1.97. The average Bonchev–Trinajstić information content (AvgIpc) is 2.89. The maximum Gasteiger partial charge on any atom is 0.134 e. The van der Waals surface area contributed by atoms with Gasteiger partial charge in [0.05, 0.1) is 5.69 Å². The minimum absolute atomic E-state index is 0.327. The summed E-state index contributed by atoms with van der Waals surface area (Å²) in [6.07, 6.45) is 0. The molecule has 0 saturated heterocycles. The van der Waals surface area contributed by atoms with Gasteiger partial charge in [-0.15, -0.1) is 0 Å².